The second-order valence-corrected chi connectivity index (χ2v) is 13.8. The van der Waals surface area contributed by atoms with Crippen molar-refractivity contribution in [1.82, 2.24) is 0 Å². The topological polar surface area (TPSA) is 78.9 Å². The maximum Gasteiger partial charge on any atom is 0.306 e. The van der Waals surface area contributed by atoms with Gasteiger partial charge in [0.05, 0.1) is 0 Å². The Bertz CT molecular complexity index is 1210. The van der Waals surface area contributed by atoms with Crippen LogP contribution in [0.2, 0.25) is 0 Å². The van der Waals surface area contributed by atoms with Gasteiger partial charge >= 0.3 is 17.9 Å². The van der Waals surface area contributed by atoms with Gasteiger partial charge in [-0.15, -0.1) is 0 Å². The minimum absolute atomic E-state index is 0.120. The first-order chi connectivity index (χ1) is 27.5. The summed E-state index contributed by atoms with van der Waals surface area (Å²) in [5.74, 6) is -1.04. The molecule has 0 aromatic heterocycles. The molecule has 0 heterocycles. The van der Waals surface area contributed by atoms with Crippen LogP contribution in [0.5, 0.6) is 0 Å². The Balaban J connectivity index is 4.56. The molecule has 0 bridgehead atoms. The lowest BCUT2D eigenvalue weighted by atomic mass is 10.1. The fraction of sp³-hybridized carbons (Fsp3) is 0.580. The maximum atomic E-state index is 12.7. The average molecular weight is 775 g/mol. The summed E-state index contributed by atoms with van der Waals surface area (Å²) < 4.78 is 16.6. The summed E-state index contributed by atoms with van der Waals surface area (Å²) in [6.45, 7) is 6.16. The Kier molecular flexibility index (Phi) is 40.7. The van der Waals surface area contributed by atoms with Crippen LogP contribution in [0.25, 0.3) is 0 Å². The van der Waals surface area contributed by atoms with E-state index in [9.17, 15) is 14.4 Å². The second kappa shape index (κ2) is 43.8. The molecule has 6 nitrogen and oxygen atoms in total. The number of esters is 3. The fourth-order valence-electron chi connectivity index (χ4n) is 5.30. The van der Waals surface area contributed by atoms with Gasteiger partial charge in [0.2, 0.25) is 0 Å². The molecule has 0 amide bonds. The van der Waals surface area contributed by atoms with Crippen molar-refractivity contribution in [3.05, 3.63) is 109 Å². The number of allylic oxidation sites excluding steroid dienone is 18. The molecule has 0 saturated heterocycles. The van der Waals surface area contributed by atoms with Gasteiger partial charge < -0.3 is 14.2 Å². The van der Waals surface area contributed by atoms with Crippen LogP contribution in [0.3, 0.4) is 0 Å². The summed E-state index contributed by atoms with van der Waals surface area (Å²) in [4.78, 5) is 37.7. The molecule has 1 atom stereocenters. The maximum absolute atomic E-state index is 12.7. The Labute approximate surface area is 342 Å². The number of rotatable bonds is 37. The van der Waals surface area contributed by atoms with E-state index >= 15 is 0 Å². The van der Waals surface area contributed by atoms with Crippen molar-refractivity contribution in [3.63, 3.8) is 0 Å². The standard InChI is InChI=1S/C50H78O6/c1-4-7-10-13-16-19-22-25-26-29-31-34-37-40-43-49(52)55-46-47(56-50(53)44-41-38-35-32-28-24-21-18-15-12-9-6-3)45-54-48(51)42-39-36-33-30-27-23-20-17-14-11-8-5-2/h7-12,16-21,25-28,30,32,47H,4-6,13-15,22-24,29,31,33-46H2,1-3H3/b10-7-,11-8-,12-9-,19-16-,20-17-,21-18-,26-25-,30-27-,32-28-. The number of hydrogen-bond donors (Lipinski definition) is 0. The van der Waals surface area contributed by atoms with E-state index in [1.165, 1.54) is 0 Å². The minimum atomic E-state index is -0.822. The van der Waals surface area contributed by atoms with Crippen LogP contribution in [-0.4, -0.2) is 37.2 Å². The monoisotopic (exact) mass is 775 g/mol. The van der Waals surface area contributed by atoms with Crippen molar-refractivity contribution >= 4 is 17.9 Å². The van der Waals surface area contributed by atoms with Gasteiger partial charge in [-0.1, -0.05) is 143 Å². The van der Waals surface area contributed by atoms with Crippen LogP contribution < -0.4 is 0 Å². The van der Waals surface area contributed by atoms with Crippen LogP contribution in [0, 0.1) is 0 Å². The molecule has 0 aliphatic rings. The molecule has 314 valence electrons. The fourth-order valence-corrected chi connectivity index (χ4v) is 5.30. The smallest absolute Gasteiger partial charge is 0.306 e. The third kappa shape index (κ3) is 41.2. The van der Waals surface area contributed by atoms with Crippen LogP contribution in [0.15, 0.2) is 109 Å². The van der Waals surface area contributed by atoms with Crippen molar-refractivity contribution in [3.8, 4) is 0 Å². The minimum Gasteiger partial charge on any atom is -0.462 e. The second-order valence-electron chi connectivity index (χ2n) is 13.8. The Morgan fingerprint density at radius 3 is 1.02 bits per heavy atom. The van der Waals surface area contributed by atoms with Crippen molar-refractivity contribution < 1.29 is 28.6 Å². The van der Waals surface area contributed by atoms with Crippen molar-refractivity contribution in [1.29, 1.82) is 0 Å². The molecule has 0 fully saturated rings. The lowest BCUT2D eigenvalue weighted by Crippen LogP contribution is -2.30. The molecule has 0 rings (SSSR count). The molecule has 0 aromatic carbocycles. The summed E-state index contributed by atoms with van der Waals surface area (Å²) in [5, 5.41) is 0. The summed E-state index contributed by atoms with van der Waals surface area (Å²) in [7, 11) is 0. The predicted molar refractivity (Wildman–Crippen MR) is 237 cm³/mol. The average Bonchev–Trinajstić information content (AvgIpc) is 3.19. The summed E-state index contributed by atoms with van der Waals surface area (Å²) in [6, 6.07) is 0. The van der Waals surface area contributed by atoms with Crippen molar-refractivity contribution in [2.75, 3.05) is 13.2 Å². The Hall–Kier alpha value is -3.93. The van der Waals surface area contributed by atoms with Crippen LogP contribution >= 0.6 is 0 Å². The highest BCUT2D eigenvalue weighted by molar-refractivity contribution is 5.71. The van der Waals surface area contributed by atoms with Crippen molar-refractivity contribution in [2.45, 2.75) is 175 Å². The first kappa shape index (κ1) is 52.1. The van der Waals surface area contributed by atoms with Gasteiger partial charge in [-0.3, -0.25) is 14.4 Å². The highest BCUT2D eigenvalue weighted by Crippen LogP contribution is 2.10. The first-order valence-corrected chi connectivity index (χ1v) is 21.9. The molecule has 0 saturated carbocycles. The molecule has 0 aliphatic heterocycles. The molecule has 0 radical (unpaired) electrons. The number of carbonyl (C=O) groups is 3. The number of ether oxygens (including phenoxy) is 3. The van der Waals surface area contributed by atoms with Crippen LogP contribution in [0.4, 0.5) is 0 Å². The molecule has 1 unspecified atom stereocenters. The summed E-state index contributed by atoms with van der Waals surface area (Å²) in [5.41, 5.74) is 0. The quantitative estimate of drug-likeness (QED) is 0.0271. The van der Waals surface area contributed by atoms with Crippen LogP contribution in [-0.2, 0) is 28.6 Å². The Morgan fingerprint density at radius 2 is 0.643 bits per heavy atom. The third-order valence-corrected chi connectivity index (χ3v) is 8.50. The van der Waals surface area contributed by atoms with Gasteiger partial charge in [0, 0.05) is 19.3 Å². The molecule has 56 heavy (non-hydrogen) atoms. The predicted octanol–water partition coefficient (Wildman–Crippen LogP) is 14.0. The zero-order chi connectivity index (χ0) is 40.8. The van der Waals surface area contributed by atoms with Gasteiger partial charge in [0.15, 0.2) is 6.10 Å². The molecule has 0 spiro atoms. The van der Waals surface area contributed by atoms with E-state index in [4.69, 9.17) is 14.2 Å². The van der Waals surface area contributed by atoms with Crippen molar-refractivity contribution in [2.24, 2.45) is 0 Å². The first-order valence-electron chi connectivity index (χ1n) is 21.9. The van der Waals surface area contributed by atoms with E-state index in [0.717, 1.165) is 116 Å². The molecule has 0 aromatic rings. The zero-order valence-electron chi connectivity index (χ0n) is 35.6. The number of hydrogen-bond acceptors (Lipinski definition) is 6. The van der Waals surface area contributed by atoms with Gasteiger partial charge in [-0.2, -0.15) is 0 Å². The lowest BCUT2D eigenvalue weighted by molar-refractivity contribution is -0.167. The molecule has 0 N–H and O–H groups in total. The molecular formula is C50H78O6. The largest absolute Gasteiger partial charge is 0.462 e. The zero-order valence-corrected chi connectivity index (χ0v) is 35.6. The highest BCUT2D eigenvalue weighted by Gasteiger charge is 2.19. The number of unbranched alkanes of at least 4 members (excludes halogenated alkanes) is 8. The highest BCUT2D eigenvalue weighted by atomic mass is 16.6. The lowest BCUT2D eigenvalue weighted by Gasteiger charge is -2.18. The van der Waals surface area contributed by atoms with Gasteiger partial charge in [-0.25, -0.2) is 0 Å². The summed E-state index contributed by atoms with van der Waals surface area (Å²) >= 11 is 0. The number of carbonyl (C=O) groups excluding carboxylic acids is 3. The molecular weight excluding hydrogens is 697 g/mol. The van der Waals surface area contributed by atoms with E-state index in [-0.39, 0.29) is 37.5 Å². The van der Waals surface area contributed by atoms with E-state index < -0.39 is 6.10 Å². The SMILES string of the molecule is CC/C=C\C/C=C\C/C=C\CCCCCCC(=O)OCC(COC(=O)CCCC/C=C\C/C=C\C/C=C\CC)OC(=O)CCCC/C=C\C/C=C\C/C=C\CC. The summed E-state index contributed by atoms with van der Waals surface area (Å²) in [6.07, 6.45) is 57.9. The van der Waals surface area contributed by atoms with E-state index in [1.807, 2.05) is 0 Å². The van der Waals surface area contributed by atoms with Crippen LogP contribution in [0.1, 0.15) is 168 Å². The van der Waals surface area contributed by atoms with E-state index in [1.54, 1.807) is 0 Å². The third-order valence-electron chi connectivity index (χ3n) is 8.50. The normalized spacial score (nSPS) is 13.1. The van der Waals surface area contributed by atoms with E-state index in [0.29, 0.717) is 25.7 Å². The van der Waals surface area contributed by atoms with Gasteiger partial charge in [-0.05, 0) is 116 Å². The Morgan fingerprint density at radius 1 is 0.357 bits per heavy atom. The molecule has 6 heteroatoms. The van der Waals surface area contributed by atoms with E-state index in [2.05, 4.69) is 130 Å². The molecule has 0 aliphatic carbocycles. The van der Waals surface area contributed by atoms with Gasteiger partial charge in [0.1, 0.15) is 13.2 Å². The van der Waals surface area contributed by atoms with Gasteiger partial charge in [0.25, 0.3) is 0 Å².